The Balaban J connectivity index is 1.29. The number of aliphatic hydroxyl groups is 2. The van der Waals surface area contributed by atoms with E-state index < -0.39 is 57.5 Å². The van der Waals surface area contributed by atoms with Crippen LogP contribution in [0.1, 0.15) is 81.7 Å². The van der Waals surface area contributed by atoms with Gasteiger partial charge in [0.25, 0.3) is 0 Å². The van der Waals surface area contributed by atoms with Crippen molar-refractivity contribution in [2.75, 3.05) is 59.0 Å². The summed E-state index contributed by atoms with van der Waals surface area (Å²) < 4.78 is 24.0. The molecule has 2 aromatic carbocycles. The lowest BCUT2D eigenvalue weighted by Gasteiger charge is -2.64. The van der Waals surface area contributed by atoms with Gasteiger partial charge in [-0.1, -0.05) is 32.0 Å². The number of rotatable bonds is 8. The Morgan fingerprint density at radius 2 is 1.72 bits per heavy atom. The molecule has 5 aliphatic heterocycles. The number of aromatic amines is 1. The molecule has 10 rings (SSSR count). The number of ether oxygens (including phenoxy) is 4. The molecule has 1 amide bonds. The Labute approximate surface area is 355 Å². The molecular weight excluding hydrogens is 781 g/mol. The van der Waals surface area contributed by atoms with E-state index in [1.807, 2.05) is 38.1 Å². The number of benzene rings is 2. The van der Waals surface area contributed by atoms with Crippen LogP contribution in [0.5, 0.6) is 5.75 Å². The maximum atomic E-state index is 15.4. The summed E-state index contributed by atoms with van der Waals surface area (Å²) in [7, 11) is 4.15. The number of esters is 3. The third-order valence-electron chi connectivity index (χ3n) is 16.8. The molecule has 3 aromatic rings. The van der Waals surface area contributed by atoms with Gasteiger partial charge in [0.05, 0.1) is 38.7 Å². The molecule has 2 unspecified atom stereocenters. The number of anilines is 1. The Bertz CT molecular complexity index is 2350. The topological polar surface area (TPSA) is 171 Å². The van der Waals surface area contributed by atoms with Crippen molar-refractivity contribution in [2.24, 2.45) is 23.2 Å². The van der Waals surface area contributed by atoms with Crippen LogP contribution in [0.2, 0.25) is 0 Å². The van der Waals surface area contributed by atoms with Crippen LogP contribution in [-0.2, 0) is 50.6 Å². The zero-order valence-electron chi connectivity index (χ0n) is 36.0. The number of aromatic nitrogens is 1. The van der Waals surface area contributed by atoms with E-state index >= 15 is 4.79 Å². The number of hydrogen-bond acceptors (Lipinski definition) is 12. The minimum absolute atomic E-state index is 0.0397. The minimum atomic E-state index is -2.47. The number of para-hydroxylation sites is 1. The summed E-state index contributed by atoms with van der Waals surface area (Å²) in [5.74, 6) is -1.59. The monoisotopic (exact) mass is 838 g/mol. The van der Waals surface area contributed by atoms with E-state index in [0.29, 0.717) is 93.0 Å². The normalized spacial score (nSPS) is 39.3. The molecule has 2 saturated carbocycles. The highest BCUT2D eigenvalue weighted by Crippen LogP contribution is 2.74. The van der Waals surface area contributed by atoms with Gasteiger partial charge in [-0.2, -0.15) is 0 Å². The van der Waals surface area contributed by atoms with Gasteiger partial charge in [0, 0.05) is 78.2 Å². The number of amides is 1. The first kappa shape index (κ1) is 40.6. The number of nitrogens with one attached hydrogen (secondary N) is 1. The molecule has 2 bridgehead atoms. The molecule has 61 heavy (non-hydrogen) atoms. The standard InChI is InChI=1S/C47H58N4O10/c1-7-43(56)20-27-21-46(41(54)59-5,37-30(13-15-49(22-27)24-43)29-11-9-10-12-34(29)48-37)33-18-32-35(19-36(33)58-4)51(25-52)39-45(32)14-16-50-23-28-17-31(28)44(8-2,38(45)50)40(61-26(3)53)47(39,57)42(55)60-6/h9-12,18-19,25,27-28,31,38-40,48,56-57H,7-8,13-17,20-24H2,1-6H3/t27-,28+,31+,38-,39+,40+,43-,44+,45+,46-,47?/m0/s1. The van der Waals surface area contributed by atoms with Crippen molar-refractivity contribution in [1.29, 1.82) is 0 Å². The summed E-state index contributed by atoms with van der Waals surface area (Å²) in [5.41, 5.74) is -2.64. The highest BCUT2D eigenvalue weighted by atomic mass is 16.6. The zero-order chi connectivity index (χ0) is 43.0. The van der Waals surface area contributed by atoms with E-state index in [9.17, 15) is 24.6 Å². The largest absolute Gasteiger partial charge is 0.496 e. The van der Waals surface area contributed by atoms with Gasteiger partial charge < -0.3 is 39.0 Å². The summed E-state index contributed by atoms with van der Waals surface area (Å²) in [4.78, 5) is 66.8. The first-order chi connectivity index (χ1) is 29.3. The van der Waals surface area contributed by atoms with Crippen LogP contribution in [0, 0.1) is 23.2 Å². The van der Waals surface area contributed by atoms with E-state index in [0.717, 1.165) is 29.4 Å². The summed E-state index contributed by atoms with van der Waals surface area (Å²) in [5, 5.41) is 26.5. The van der Waals surface area contributed by atoms with Gasteiger partial charge in [-0.25, -0.2) is 4.79 Å². The van der Waals surface area contributed by atoms with Crippen molar-refractivity contribution in [3.63, 3.8) is 0 Å². The average molecular weight is 839 g/mol. The predicted molar refractivity (Wildman–Crippen MR) is 223 cm³/mol. The van der Waals surface area contributed by atoms with Gasteiger partial charge in [-0.15, -0.1) is 0 Å². The Kier molecular flexibility index (Phi) is 9.14. The van der Waals surface area contributed by atoms with Crippen LogP contribution in [-0.4, -0.2) is 133 Å². The van der Waals surface area contributed by atoms with Crippen molar-refractivity contribution in [1.82, 2.24) is 14.8 Å². The second-order valence-corrected chi connectivity index (χ2v) is 19.3. The number of carbonyl (C=O) groups excluding carboxylic acids is 4. The average Bonchev–Trinajstić information content (AvgIpc) is 3.67. The summed E-state index contributed by atoms with van der Waals surface area (Å²) in [6, 6.07) is 10.2. The Hall–Kier alpha value is -4.50. The van der Waals surface area contributed by atoms with Crippen LogP contribution in [0.4, 0.5) is 5.69 Å². The smallest absolute Gasteiger partial charge is 0.344 e. The fraction of sp³-hybridized carbons (Fsp3) is 0.617. The van der Waals surface area contributed by atoms with Crippen molar-refractivity contribution in [3.05, 3.63) is 58.8 Å². The first-order valence-electron chi connectivity index (χ1n) is 22.1. The second kappa shape index (κ2) is 13.7. The van der Waals surface area contributed by atoms with Gasteiger partial charge >= 0.3 is 17.9 Å². The molecule has 7 aliphatic rings. The maximum absolute atomic E-state index is 15.4. The lowest BCUT2D eigenvalue weighted by molar-refractivity contribution is -0.245. The van der Waals surface area contributed by atoms with Gasteiger partial charge in [-0.05, 0) is 92.5 Å². The first-order valence-corrected chi connectivity index (χ1v) is 22.1. The van der Waals surface area contributed by atoms with E-state index in [-0.39, 0.29) is 30.2 Å². The lowest BCUT2D eigenvalue weighted by Crippen LogP contribution is -2.82. The molecule has 0 radical (unpaired) electrons. The van der Waals surface area contributed by atoms with Crippen molar-refractivity contribution in [2.45, 2.75) is 106 Å². The highest BCUT2D eigenvalue weighted by molar-refractivity contribution is 5.96. The van der Waals surface area contributed by atoms with Gasteiger partial charge in [-0.3, -0.25) is 24.2 Å². The molecular formula is C47H58N4O10. The third-order valence-corrected chi connectivity index (χ3v) is 16.8. The molecule has 5 fully saturated rings. The molecule has 326 valence electrons. The number of piperidine rings is 2. The summed E-state index contributed by atoms with van der Waals surface area (Å²) in [6.07, 6.45) is 3.07. The molecule has 12 atom stereocenters. The predicted octanol–water partition coefficient (Wildman–Crippen LogP) is 3.60. The Morgan fingerprint density at radius 3 is 2.41 bits per heavy atom. The van der Waals surface area contributed by atoms with Crippen molar-refractivity contribution in [3.8, 4) is 5.75 Å². The third kappa shape index (κ3) is 5.10. The molecule has 2 aliphatic carbocycles. The van der Waals surface area contributed by atoms with E-state index in [4.69, 9.17) is 18.9 Å². The molecule has 3 saturated heterocycles. The van der Waals surface area contributed by atoms with Gasteiger partial charge in [0.1, 0.15) is 11.2 Å². The van der Waals surface area contributed by atoms with Crippen molar-refractivity contribution < 1.29 is 48.3 Å². The number of nitrogens with zero attached hydrogens (tertiary/aromatic N) is 3. The number of hydrogen-bond donors (Lipinski definition) is 3. The fourth-order valence-corrected chi connectivity index (χ4v) is 14.7. The van der Waals surface area contributed by atoms with Crippen LogP contribution in [0.3, 0.4) is 0 Å². The SMILES string of the molecule is CC[C@]1(O)C[C@@H]2CN(CCc3c([nH]c4ccccc34)[C@@](C(=O)OC)(c3cc4c(cc3OC)N(C=O)[C@H]3C(O)(C(=O)OC)[C@H](OC(C)=O)[C@]5(CC)[C@@H]6C[C@@H]6CN6CC[C@]43[C@@H]65)C2)C1. The van der Waals surface area contributed by atoms with Gasteiger partial charge in [0.2, 0.25) is 12.0 Å². The Morgan fingerprint density at radius 1 is 0.951 bits per heavy atom. The summed E-state index contributed by atoms with van der Waals surface area (Å²) >= 11 is 0. The number of carbonyl (C=O) groups is 4. The van der Waals surface area contributed by atoms with E-state index in [2.05, 4.69) is 20.9 Å². The van der Waals surface area contributed by atoms with E-state index in [1.54, 1.807) is 6.07 Å². The second-order valence-electron chi connectivity index (χ2n) is 19.3. The molecule has 14 heteroatoms. The van der Waals surface area contributed by atoms with Crippen LogP contribution in [0.15, 0.2) is 36.4 Å². The molecule has 6 heterocycles. The molecule has 1 aromatic heterocycles. The zero-order valence-corrected chi connectivity index (χ0v) is 36.0. The van der Waals surface area contributed by atoms with E-state index in [1.165, 1.54) is 33.2 Å². The number of H-pyrrole nitrogens is 1. The fourth-order valence-electron chi connectivity index (χ4n) is 14.7. The molecule has 3 N–H and O–H groups in total. The maximum Gasteiger partial charge on any atom is 0.344 e. The number of fused-ring (bicyclic) bond motifs is 8. The van der Waals surface area contributed by atoms with Crippen molar-refractivity contribution >= 4 is 40.9 Å². The minimum Gasteiger partial charge on any atom is -0.496 e. The summed E-state index contributed by atoms with van der Waals surface area (Å²) in [6.45, 7) is 8.64. The quantitative estimate of drug-likeness (QED) is 0.172. The van der Waals surface area contributed by atoms with Crippen LogP contribution >= 0.6 is 0 Å². The van der Waals surface area contributed by atoms with Gasteiger partial charge in [0.15, 0.2) is 6.10 Å². The van der Waals surface area contributed by atoms with Crippen LogP contribution in [0.25, 0.3) is 10.9 Å². The molecule has 1 spiro atoms. The molecule has 14 nitrogen and oxygen atoms in total. The number of methoxy groups -OCH3 is 3. The van der Waals surface area contributed by atoms with Crippen LogP contribution < -0.4 is 9.64 Å². The lowest BCUT2D eigenvalue weighted by atomic mass is 9.46. The highest BCUT2D eigenvalue weighted by Gasteiger charge is 2.85.